The maximum Gasteiger partial charge on any atom is 0.157 e. The van der Waals surface area contributed by atoms with E-state index in [9.17, 15) is 8.42 Å². The number of benzene rings is 1. The summed E-state index contributed by atoms with van der Waals surface area (Å²) >= 11 is 3.40. The van der Waals surface area contributed by atoms with Crippen molar-refractivity contribution in [3.05, 3.63) is 28.2 Å². The third kappa shape index (κ3) is 3.44. The molecule has 0 aliphatic carbocycles. The second-order valence-corrected chi connectivity index (χ2v) is 7.21. The van der Waals surface area contributed by atoms with Crippen LogP contribution in [0, 0.1) is 0 Å². The zero-order valence-electron chi connectivity index (χ0n) is 9.63. The summed E-state index contributed by atoms with van der Waals surface area (Å²) in [6.07, 6.45) is 0.484. The molecule has 0 saturated carbocycles. The van der Waals surface area contributed by atoms with E-state index in [-0.39, 0.29) is 17.6 Å². The number of hydrogen-bond acceptors (Lipinski definition) is 5. The van der Waals surface area contributed by atoms with Gasteiger partial charge in [-0.3, -0.25) is 0 Å². The molecule has 2 rings (SSSR count). The maximum atomic E-state index is 11.0. The molecule has 0 unspecified atom stereocenters. The van der Waals surface area contributed by atoms with E-state index in [4.69, 9.17) is 10.6 Å². The summed E-state index contributed by atoms with van der Waals surface area (Å²) in [5, 5.41) is 0. The summed E-state index contributed by atoms with van der Waals surface area (Å²) in [7, 11) is -2.85. The van der Waals surface area contributed by atoms with Gasteiger partial charge in [0.05, 0.1) is 22.6 Å². The van der Waals surface area contributed by atoms with E-state index < -0.39 is 9.84 Å². The minimum Gasteiger partial charge on any atom is -0.487 e. The molecular formula is C11H14BrNO4S. The number of hydrogen-bond donors (Lipinski definition) is 1. The van der Waals surface area contributed by atoms with Crippen LogP contribution < -0.4 is 10.6 Å². The van der Waals surface area contributed by atoms with Crippen molar-refractivity contribution in [3.63, 3.8) is 0 Å². The highest BCUT2D eigenvalue weighted by Crippen LogP contribution is 2.29. The monoisotopic (exact) mass is 335 g/mol. The van der Waals surface area contributed by atoms with Gasteiger partial charge in [0, 0.05) is 0 Å². The van der Waals surface area contributed by atoms with Gasteiger partial charge in [0.1, 0.15) is 11.9 Å². The van der Waals surface area contributed by atoms with Crippen molar-refractivity contribution in [2.24, 2.45) is 5.90 Å². The highest BCUT2D eigenvalue weighted by atomic mass is 79.9. The molecule has 2 N–H and O–H groups in total. The number of sulfone groups is 1. The lowest BCUT2D eigenvalue weighted by Gasteiger charge is -2.27. The SMILES string of the molecule is NOCCc1ccc(OC2CS(=O)(=O)C2)c(Br)c1. The van der Waals surface area contributed by atoms with Crippen LogP contribution in [0.25, 0.3) is 0 Å². The highest BCUT2D eigenvalue weighted by molar-refractivity contribution is 9.10. The number of nitrogens with two attached hydrogens (primary N) is 1. The summed E-state index contributed by atoms with van der Waals surface area (Å²) in [6, 6.07) is 5.65. The predicted molar refractivity (Wildman–Crippen MR) is 71.1 cm³/mol. The Balaban J connectivity index is 1.97. The average Bonchev–Trinajstić information content (AvgIpc) is 2.27. The third-order valence-electron chi connectivity index (χ3n) is 2.68. The number of halogens is 1. The molecule has 18 heavy (non-hydrogen) atoms. The first-order chi connectivity index (χ1) is 8.50. The molecule has 0 atom stereocenters. The maximum absolute atomic E-state index is 11.0. The van der Waals surface area contributed by atoms with E-state index in [1.165, 1.54) is 0 Å². The van der Waals surface area contributed by atoms with Crippen LogP contribution in [-0.2, 0) is 21.1 Å². The molecule has 7 heteroatoms. The smallest absolute Gasteiger partial charge is 0.157 e. The van der Waals surface area contributed by atoms with Gasteiger partial charge in [-0.15, -0.1) is 0 Å². The lowest BCUT2D eigenvalue weighted by molar-refractivity contribution is 0.141. The Bertz CT molecular complexity index is 520. The predicted octanol–water partition coefficient (Wildman–Crippen LogP) is 1.06. The van der Waals surface area contributed by atoms with Crippen LogP contribution in [0.4, 0.5) is 0 Å². The zero-order valence-corrected chi connectivity index (χ0v) is 12.0. The molecular weight excluding hydrogens is 322 g/mol. The molecule has 5 nitrogen and oxygen atoms in total. The van der Waals surface area contributed by atoms with Gasteiger partial charge in [-0.05, 0) is 40.0 Å². The molecule has 0 aromatic heterocycles. The Labute approximate surface area is 114 Å². The standard InChI is InChI=1S/C11H14BrNO4S/c12-10-5-8(3-4-16-13)1-2-11(10)17-9-6-18(14,15)7-9/h1-2,5,9H,3-4,6-7,13H2. The molecule has 0 spiro atoms. The van der Waals surface area contributed by atoms with E-state index in [1.54, 1.807) is 0 Å². The minimum atomic E-state index is -2.85. The van der Waals surface area contributed by atoms with Crippen LogP contribution in [0.2, 0.25) is 0 Å². The van der Waals surface area contributed by atoms with Crippen molar-refractivity contribution in [1.82, 2.24) is 0 Å². The van der Waals surface area contributed by atoms with Gasteiger partial charge < -0.3 is 9.57 Å². The Kier molecular flexibility index (Phi) is 4.26. The van der Waals surface area contributed by atoms with Crippen molar-refractivity contribution >= 4 is 25.8 Å². The topological polar surface area (TPSA) is 78.6 Å². The van der Waals surface area contributed by atoms with Gasteiger partial charge in [-0.2, -0.15) is 0 Å². The van der Waals surface area contributed by atoms with E-state index in [1.807, 2.05) is 18.2 Å². The summed E-state index contributed by atoms with van der Waals surface area (Å²) in [5.74, 6) is 5.83. The summed E-state index contributed by atoms with van der Waals surface area (Å²) in [4.78, 5) is 4.52. The first-order valence-electron chi connectivity index (χ1n) is 5.47. The Morgan fingerprint density at radius 1 is 1.39 bits per heavy atom. The van der Waals surface area contributed by atoms with Crippen molar-refractivity contribution in [2.45, 2.75) is 12.5 Å². The summed E-state index contributed by atoms with van der Waals surface area (Å²) < 4.78 is 28.5. The third-order valence-corrected chi connectivity index (χ3v) is 5.06. The van der Waals surface area contributed by atoms with Gasteiger partial charge in [0.25, 0.3) is 0 Å². The Morgan fingerprint density at radius 2 is 2.11 bits per heavy atom. The molecule has 1 aliphatic rings. The van der Waals surface area contributed by atoms with Crippen molar-refractivity contribution in [1.29, 1.82) is 0 Å². The first kappa shape index (κ1) is 13.8. The lowest BCUT2D eigenvalue weighted by Crippen LogP contribution is -2.45. The van der Waals surface area contributed by atoms with Gasteiger partial charge >= 0.3 is 0 Å². The van der Waals surface area contributed by atoms with Gasteiger partial charge in [-0.1, -0.05) is 6.07 Å². The quantitative estimate of drug-likeness (QED) is 0.814. The Morgan fingerprint density at radius 3 is 2.67 bits per heavy atom. The van der Waals surface area contributed by atoms with Crippen LogP contribution in [-0.4, -0.2) is 32.6 Å². The molecule has 1 heterocycles. The van der Waals surface area contributed by atoms with Crippen molar-refractivity contribution < 1.29 is 18.0 Å². The van der Waals surface area contributed by atoms with Crippen LogP contribution >= 0.6 is 15.9 Å². The lowest BCUT2D eigenvalue weighted by atomic mass is 10.1. The van der Waals surface area contributed by atoms with E-state index in [2.05, 4.69) is 20.8 Å². The van der Waals surface area contributed by atoms with Gasteiger partial charge in [0.2, 0.25) is 0 Å². The molecule has 1 aromatic rings. The van der Waals surface area contributed by atoms with Crippen LogP contribution in [0.15, 0.2) is 22.7 Å². The number of rotatable bonds is 5. The molecule has 1 fully saturated rings. The molecule has 1 aromatic carbocycles. The summed E-state index contributed by atoms with van der Waals surface area (Å²) in [5.41, 5.74) is 1.07. The molecule has 1 saturated heterocycles. The molecule has 1 aliphatic heterocycles. The molecule has 100 valence electrons. The van der Waals surface area contributed by atoms with Gasteiger partial charge in [-0.25, -0.2) is 14.3 Å². The molecule has 0 radical (unpaired) electrons. The largest absolute Gasteiger partial charge is 0.487 e. The second-order valence-electron chi connectivity index (χ2n) is 4.20. The molecule has 0 amide bonds. The fourth-order valence-corrected chi connectivity index (χ4v) is 3.43. The van der Waals surface area contributed by atoms with Gasteiger partial charge in [0.15, 0.2) is 9.84 Å². The number of ether oxygens (including phenoxy) is 1. The zero-order chi connectivity index (χ0) is 13.2. The first-order valence-corrected chi connectivity index (χ1v) is 8.09. The normalized spacial score (nSPS) is 18.3. The van der Waals surface area contributed by atoms with E-state index in [0.717, 1.165) is 10.0 Å². The Hall–Kier alpha value is -0.630. The highest BCUT2D eigenvalue weighted by Gasteiger charge is 2.35. The van der Waals surface area contributed by atoms with Crippen LogP contribution in [0.3, 0.4) is 0 Å². The minimum absolute atomic E-state index is 0.0994. The van der Waals surface area contributed by atoms with E-state index >= 15 is 0 Å². The van der Waals surface area contributed by atoms with Crippen molar-refractivity contribution in [3.8, 4) is 5.75 Å². The second kappa shape index (κ2) is 5.56. The fraction of sp³-hybridized carbons (Fsp3) is 0.455. The van der Waals surface area contributed by atoms with Crippen molar-refractivity contribution in [2.75, 3.05) is 18.1 Å². The summed E-state index contributed by atoms with van der Waals surface area (Å²) in [6.45, 7) is 0.452. The van der Waals surface area contributed by atoms with E-state index in [0.29, 0.717) is 18.8 Å². The van der Waals surface area contributed by atoms with Crippen LogP contribution in [0.1, 0.15) is 5.56 Å². The molecule has 0 bridgehead atoms. The van der Waals surface area contributed by atoms with Crippen LogP contribution in [0.5, 0.6) is 5.75 Å². The fourth-order valence-electron chi connectivity index (χ4n) is 1.74. The average molecular weight is 336 g/mol.